The molecular formula is C6H10O6. The van der Waals surface area contributed by atoms with Crippen LogP contribution in [-0.4, -0.2) is 57.4 Å². The Morgan fingerprint density at radius 1 is 1.17 bits per heavy atom. The topological polar surface area (TPSA) is 115 Å². The van der Waals surface area contributed by atoms with Gasteiger partial charge >= 0.3 is 0 Å². The summed E-state index contributed by atoms with van der Waals surface area (Å²) in [6, 6.07) is 0. The van der Waals surface area contributed by atoms with Gasteiger partial charge in [-0.15, -0.1) is 0 Å². The van der Waals surface area contributed by atoms with Crippen molar-refractivity contribution in [2.75, 3.05) is 13.2 Å². The van der Waals surface area contributed by atoms with Crippen LogP contribution in [0.15, 0.2) is 0 Å². The van der Waals surface area contributed by atoms with Crippen LogP contribution in [0.5, 0.6) is 0 Å². The molecule has 0 aliphatic heterocycles. The molecule has 0 spiro atoms. The lowest BCUT2D eigenvalue weighted by molar-refractivity contribution is -0.146. The first-order chi connectivity index (χ1) is 5.54. The van der Waals surface area contributed by atoms with E-state index in [1.54, 1.807) is 0 Å². The zero-order valence-electron chi connectivity index (χ0n) is 6.17. The third-order valence-electron chi connectivity index (χ3n) is 1.23. The van der Waals surface area contributed by atoms with Gasteiger partial charge in [0.2, 0.25) is 0 Å². The summed E-state index contributed by atoms with van der Waals surface area (Å²) < 4.78 is 0. The average molecular weight is 178 g/mol. The van der Waals surface area contributed by atoms with Gasteiger partial charge in [0, 0.05) is 0 Å². The summed E-state index contributed by atoms with van der Waals surface area (Å²) in [7, 11) is 0. The molecule has 0 saturated heterocycles. The van der Waals surface area contributed by atoms with Gasteiger partial charge in [-0.3, -0.25) is 9.59 Å². The molecule has 0 aliphatic carbocycles. The van der Waals surface area contributed by atoms with Crippen LogP contribution < -0.4 is 0 Å². The number of carbonyl (C=O) groups is 2. The predicted molar refractivity (Wildman–Crippen MR) is 36.2 cm³/mol. The van der Waals surface area contributed by atoms with E-state index < -0.39 is 37.0 Å². The molecule has 0 unspecified atom stereocenters. The highest BCUT2D eigenvalue weighted by Crippen LogP contribution is 1.93. The van der Waals surface area contributed by atoms with E-state index in [0.717, 1.165) is 0 Å². The fourth-order valence-electron chi connectivity index (χ4n) is 0.517. The quantitative estimate of drug-likeness (QED) is 0.330. The lowest BCUT2D eigenvalue weighted by atomic mass is 10.1. The van der Waals surface area contributed by atoms with Crippen LogP contribution in [0.3, 0.4) is 0 Å². The summed E-state index contributed by atoms with van der Waals surface area (Å²) >= 11 is 0. The van der Waals surface area contributed by atoms with E-state index >= 15 is 0 Å². The number of Topliss-reactive ketones (excluding diaryl/α,β-unsaturated/α-hetero) is 2. The van der Waals surface area contributed by atoms with Crippen LogP contribution in [-0.2, 0) is 9.59 Å². The molecule has 6 nitrogen and oxygen atoms in total. The molecule has 70 valence electrons. The molecule has 0 heterocycles. The minimum atomic E-state index is -2.06. The highest BCUT2D eigenvalue weighted by atomic mass is 16.3. The zero-order valence-corrected chi connectivity index (χ0v) is 6.17. The van der Waals surface area contributed by atoms with Crippen molar-refractivity contribution in [1.29, 1.82) is 0 Å². The van der Waals surface area contributed by atoms with Crippen LogP contribution >= 0.6 is 0 Å². The van der Waals surface area contributed by atoms with Crippen LogP contribution in [0.2, 0.25) is 0 Å². The maximum Gasteiger partial charge on any atom is 0.199 e. The lowest BCUT2D eigenvalue weighted by Crippen LogP contribution is -2.40. The van der Waals surface area contributed by atoms with Crippen LogP contribution in [0.4, 0.5) is 0 Å². The molecule has 2 atom stereocenters. The van der Waals surface area contributed by atoms with Gasteiger partial charge in [-0.25, -0.2) is 0 Å². The number of hydrogen-bond acceptors (Lipinski definition) is 6. The Labute approximate surface area is 68.1 Å². The molecule has 6 heteroatoms. The van der Waals surface area contributed by atoms with Crippen LogP contribution in [0, 0.1) is 0 Å². The monoisotopic (exact) mass is 178 g/mol. The summed E-state index contributed by atoms with van der Waals surface area (Å²) in [4.78, 5) is 21.1. The van der Waals surface area contributed by atoms with Crippen molar-refractivity contribution < 1.29 is 30.0 Å². The Morgan fingerprint density at radius 2 is 1.67 bits per heavy atom. The SMILES string of the molecule is O=C(CO)[C@@H](O)C(=O)[C@@H](O)CO. The molecular weight excluding hydrogens is 168 g/mol. The molecule has 0 bridgehead atoms. The van der Waals surface area contributed by atoms with Gasteiger partial charge in [0.1, 0.15) is 12.7 Å². The van der Waals surface area contributed by atoms with Gasteiger partial charge in [0.15, 0.2) is 17.7 Å². The number of ketones is 2. The van der Waals surface area contributed by atoms with E-state index in [9.17, 15) is 9.59 Å². The van der Waals surface area contributed by atoms with E-state index in [0.29, 0.717) is 0 Å². The summed E-state index contributed by atoms with van der Waals surface area (Å²) in [5, 5.41) is 33.9. The molecule has 0 aromatic heterocycles. The normalized spacial score (nSPS) is 15.3. The summed E-state index contributed by atoms with van der Waals surface area (Å²) in [5.74, 6) is -2.32. The number of hydrogen-bond donors (Lipinski definition) is 4. The maximum absolute atomic E-state index is 10.7. The van der Waals surface area contributed by atoms with Crippen molar-refractivity contribution >= 4 is 11.6 Å². The third-order valence-corrected chi connectivity index (χ3v) is 1.23. The van der Waals surface area contributed by atoms with E-state index in [1.165, 1.54) is 0 Å². The molecule has 4 N–H and O–H groups in total. The van der Waals surface area contributed by atoms with Crippen molar-refractivity contribution in [3.63, 3.8) is 0 Å². The first-order valence-corrected chi connectivity index (χ1v) is 3.18. The van der Waals surface area contributed by atoms with Crippen molar-refractivity contribution in [2.24, 2.45) is 0 Å². The Hall–Kier alpha value is -0.820. The molecule has 0 rings (SSSR count). The molecule has 0 aromatic carbocycles. The van der Waals surface area contributed by atoms with Gasteiger partial charge in [-0.2, -0.15) is 0 Å². The summed E-state index contributed by atoms with van der Waals surface area (Å²) in [6.45, 7) is -1.85. The molecule has 0 aromatic rings. The van der Waals surface area contributed by atoms with Crippen LogP contribution in [0.25, 0.3) is 0 Å². The van der Waals surface area contributed by atoms with Gasteiger partial charge in [0.25, 0.3) is 0 Å². The fraction of sp³-hybridized carbons (Fsp3) is 0.667. The molecule has 0 aliphatic rings. The van der Waals surface area contributed by atoms with E-state index in [-0.39, 0.29) is 0 Å². The summed E-state index contributed by atoms with van der Waals surface area (Å²) in [6.07, 6.45) is -3.84. The minimum absolute atomic E-state index is 0.866. The fourth-order valence-corrected chi connectivity index (χ4v) is 0.517. The van der Waals surface area contributed by atoms with E-state index in [1.807, 2.05) is 0 Å². The highest BCUT2D eigenvalue weighted by molar-refractivity contribution is 6.07. The molecule has 12 heavy (non-hydrogen) atoms. The Kier molecular flexibility index (Phi) is 4.60. The first-order valence-electron chi connectivity index (χ1n) is 3.18. The van der Waals surface area contributed by atoms with Crippen molar-refractivity contribution in [3.05, 3.63) is 0 Å². The van der Waals surface area contributed by atoms with Crippen molar-refractivity contribution in [1.82, 2.24) is 0 Å². The Bertz CT molecular complexity index is 177. The smallest absolute Gasteiger partial charge is 0.199 e. The van der Waals surface area contributed by atoms with Crippen LogP contribution in [0.1, 0.15) is 0 Å². The number of aliphatic hydroxyl groups is 4. The third kappa shape index (κ3) is 2.67. The second kappa shape index (κ2) is 4.94. The first kappa shape index (κ1) is 11.2. The van der Waals surface area contributed by atoms with E-state index in [2.05, 4.69) is 0 Å². The standard InChI is InChI=1S/C6H10O6/c7-1-3(9)5(11)6(12)4(10)2-8/h3,6-9,12H,1-2H2/t3-,6+/m0/s1. The number of aliphatic hydroxyl groups excluding tert-OH is 4. The lowest BCUT2D eigenvalue weighted by Gasteiger charge is -2.09. The molecule has 0 saturated carbocycles. The molecule has 0 amide bonds. The Morgan fingerprint density at radius 3 is 2.00 bits per heavy atom. The molecule has 0 radical (unpaired) electrons. The predicted octanol–water partition coefficient (Wildman–Crippen LogP) is -3.17. The highest BCUT2D eigenvalue weighted by Gasteiger charge is 2.27. The largest absolute Gasteiger partial charge is 0.393 e. The van der Waals surface area contributed by atoms with Gasteiger partial charge in [-0.05, 0) is 0 Å². The number of carbonyl (C=O) groups excluding carboxylic acids is 2. The maximum atomic E-state index is 10.7. The zero-order chi connectivity index (χ0) is 9.72. The second-order valence-electron chi connectivity index (χ2n) is 2.13. The van der Waals surface area contributed by atoms with Crippen molar-refractivity contribution in [2.45, 2.75) is 12.2 Å². The minimum Gasteiger partial charge on any atom is -0.393 e. The van der Waals surface area contributed by atoms with Gasteiger partial charge in [0.05, 0.1) is 6.61 Å². The Balaban J connectivity index is 4.19. The number of rotatable bonds is 5. The van der Waals surface area contributed by atoms with Crippen molar-refractivity contribution in [3.8, 4) is 0 Å². The average Bonchev–Trinajstić information content (AvgIpc) is 2.12. The summed E-state index contributed by atoms with van der Waals surface area (Å²) in [5.41, 5.74) is 0. The molecule has 0 fully saturated rings. The second-order valence-corrected chi connectivity index (χ2v) is 2.13. The van der Waals surface area contributed by atoms with E-state index in [4.69, 9.17) is 20.4 Å². The van der Waals surface area contributed by atoms with Gasteiger partial charge in [-0.1, -0.05) is 0 Å². The van der Waals surface area contributed by atoms with Gasteiger partial charge < -0.3 is 20.4 Å².